The van der Waals surface area contributed by atoms with Gasteiger partial charge >= 0.3 is 11.7 Å². The molecule has 1 N–H and O–H groups in total. The van der Waals surface area contributed by atoms with Crippen LogP contribution in [0.25, 0.3) is 0 Å². The van der Waals surface area contributed by atoms with E-state index in [0.29, 0.717) is 23.5 Å². The summed E-state index contributed by atoms with van der Waals surface area (Å²) >= 11 is 0. The van der Waals surface area contributed by atoms with E-state index >= 15 is 0 Å². The second-order valence-electron chi connectivity index (χ2n) is 7.67. The van der Waals surface area contributed by atoms with Crippen LogP contribution in [0.1, 0.15) is 59.9 Å². The van der Waals surface area contributed by atoms with Crippen LogP contribution in [0.15, 0.2) is 24.3 Å². The van der Waals surface area contributed by atoms with Crippen LogP contribution in [0.2, 0.25) is 0 Å². The molecule has 0 aliphatic heterocycles. The van der Waals surface area contributed by atoms with Gasteiger partial charge in [0, 0.05) is 6.04 Å². The molecule has 1 aromatic carbocycles. The summed E-state index contributed by atoms with van der Waals surface area (Å²) in [6.07, 6.45) is 3.28. The fraction of sp³-hybridized carbons (Fsp3) is 0.476. The Morgan fingerprint density at radius 2 is 1.90 bits per heavy atom. The number of ether oxygens (including phenoxy) is 1. The Bertz CT molecular complexity index is 945. The summed E-state index contributed by atoms with van der Waals surface area (Å²) in [6.45, 7) is 5.16. The Morgan fingerprint density at radius 3 is 2.47 bits per heavy atom. The van der Waals surface area contributed by atoms with Gasteiger partial charge in [-0.1, -0.05) is 25.0 Å². The summed E-state index contributed by atoms with van der Waals surface area (Å²) in [5.41, 5.74) is 2.02. The Labute approximate surface area is 174 Å². The molecule has 0 spiro atoms. The van der Waals surface area contributed by atoms with Crippen molar-refractivity contribution in [3.05, 3.63) is 56.9 Å². The van der Waals surface area contributed by atoms with Crippen molar-refractivity contribution in [2.45, 2.75) is 65.1 Å². The van der Waals surface area contributed by atoms with Gasteiger partial charge in [0.1, 0.15) is 11.4 Å². The lowest BCUT2D eigenvalue weighted by Gasteiger charge is -2.17. The van der Waals surface area contributed by atoms with Crippen molar-refractivity contribution >= 4 is 17.6 Å². The molecule has 1 fully saturated rings. The maximum atomic E-state index is 12.3. The van der Waals surface area contributed by atoms with E-state index in [1.807, 2.05) is 0 Å². The van der Waals surface area contributed by atoms with Crippen LogP contribution in [-0.4, -0.2) is 38.7 Å². The molecule has 30 heavy (non-hydrogen) atoms. The fourth-order valence-corrected chi connectivity index (χ4v) is 3.70. The molecular weight excluding hydrogens is 388 g/mol. The first-order valence-corrected chi connectivity index (χ1v) is 10.0. The third-order valence-electron chi connectivity index (χ3n) is 5.40. The van der Waals surface area contributed by atoms with E-state index in [2.05, 4.69) is 10.4 Å². The van der Waals surface area contributed by atoms with Crippen LogP contribution in [0.4, 0.5) is 5.69 Å². The Kier molecular flexibility index (Phi) is 6.49. The lowest BCUT2D eigenvalue weighted by atomic mass is 10.1. The van der Waals surface area contributed by atoms with Crippen LogP contribution >= 0.6 is 0 Å². The van der Waals surface area contributed by atoms with Crippen LogP contribution in [0, 0.1) is 24.0 Å². The van der Waals surface area contributed by atoms with E-state index in [-0.39, 0.29) is 17.6 Å². The smallest absolute Gasteiger partial charge is 0.338 e. The molecule has 1 aliphatic rings. The minimum absolute atomic E-state index is 0.0140. The van der Waals surface area contributed by atoms with E-state index in [9.17, 15) is 19.7 Å². The molecule has 0 bridgehead atoms. The van der Waals surface area contributed by atoms with Crippen molar-refractivity contribution < 1.29 is 19.2 Å². The number of rotatable bonds is 7. The summed E-state index contributed by atoms with van der Waals surface area (Å²) in [5.74, 6) is -0.852. The van der Waals surface area contributed by atoms with Gasteiger partial charge in [0.05, 0.1) is 17.0 Å². The van der Waals surface area contributed by atoms with E-state index < -0.39 is 17.0 Å². The molecule has 0 saturated heterocycles. The second kappa shape index (κ2) is 9.06. The number of aromatic nitrogens is 2. The maximum Gasteiger partial charge on any atom is 0.338 e. The molecule has 1 amide bonds. The maximum absolute atomic E-state index is 12.3. The number of aryl methyl sites for hydroxylation is 1. The number of hydrogen-bond donors (Lipinski definition) is 1. The number of esters is 1. The zero-order chi connectivity index (χ0) is 21.8. The van der Waals surface area contributed by atoms with Gasteiger partial charge in [0.2, 0.25) is 0 Å². The van der Waals surface area contributed by atoms with Gasteiger partial charge < -0.3 is 10.1 Å². The molecule has 1 aliphatic carbocycles. The van der Waals surface area contributed by atoms with Crippen LogP contribution in [0.3, 0.4) is 0 Å². The Balaban J connectivity index is 1.59. The molecule has 1 saturated carbocycles. The molecule has 9 nitrogen and oxygen atoms in total. The first-order valence-electron chi connectivity index (χ1n) is 10.0. The van der Waals surface area contributed by atoms with Gasteiger partial charge in [0.15, 0.2) is 6.10 Å². The van der Waals surface area contributed by atoms with Gasteiger partial charge in [-0.25, -0.2) is 4.79 Å². The standard InChI is InChI=1S/C21H26N4O5/c1-13-19(25(28)29)14(2)24(23-13)12-16-8-10-17(11-9-16)21(27)30-15(3)20(26)22-18-6-4-5-7-18/h8-11,15,18H,4-7,12H2,1-3H3,(H,22,26)/t15-/m0/s1. The Hall–Kier alpha value is -3.23. The predicted octanol–water partition coefficient (Wildman–Crippen LogP) is 3.06. The van der Waals surface area contributed by atoms with E-state index in [4.69, 9.17) is 4.74 Å². The number of amides is 1. The molecule has 1 aromatic heterocycles. The first-order chi connectivity index (χ1) is 14.3. The number of carbonyl (C=O) groups is 2. The van der Waals surface area contributed by atoms with Crippen molar-refractivity contribution in [1.29, 1.82) is 0 Å². The largest absolute Gasteiger partial charge is 0.449 e. The lowest BCUT2D eigenvalue weighted by Crippen LogP contribution is -2.40. The number of hydrogen-bond acceptors (Lipinski definition) is 6. The van der Waals surface area contributed by atoms with Gasteiger partial charge in [-0.05, 0) is 51.3 Å². The normalized spacial score (nSPS) is 15.0. The van der Waals surface area contributed by atoms with Crippen molar-refractivity contribution in [3.8, 4) is 0 Å². The van der Waals surface area contributed by atoms with Gasteiger partial charge in [-0.2, -0.15) is 5.10 Å². The predicted molar refractivity (Wildman–Crippen MR) is 109 cm³/mol. The summed E-state index contributed by atoms with van der Waals surface area (Å²) in [5, 5.41) is 18.3. The second-order valence-corrected chi connectivity index (χ2v) is 7.67. The van der Waals surface area contributed by atoms with Gasteiger partial charge in [0.25, 0.3) is 5.91 Å². The van der Waals surface area contributed by atoms with Crippen molar-refractivity contribution in [1.82, 2.24) is 15.1 Å². The van der Waals surface area contributed by atoms with Gasteiger partial charge in [-0.15, -0.1) is 0 Å². The lowest BCUT2D eigenvalue weighted by molar-refractivity contribution is -0.386. The third-order valence-corrected chi connectivity index (χ3v) is 5.40. The molecule has 1 atom stereocenters. The highest BCUT2D eigenvalue weighted by Crippen LogP contribution is 2.22. The summed E-state index contributed by atoms with van der Waals surface area (Å²) in [7, 11) is 0. The van der Waals surface area contributed by atoms with E-state index in [1.165, 1.54) is 0 Å². The van der Waals surface area contributed by atoms with Crippen LogP contribution < -0.4 is 5.32 Å². The molecule has 3 rings (SSSR count). The Morgan fingerprint density at radius 1 is 1.27 bits per heavy atom. The number of nitrogens with zero attached hydrogens (tertiary/aromatic N) is 3. The molecule has 160 valence electrons. The molecule has 1 heterocycles. The number of nitro groups is 1. The highest BCUT2D eigenvalue weighted by Gasteiger charge is 2.24. The monoisotopic (exact) mass is 414 g/mol. The zero-order valence-corrected chi connectivity index (χ0v) is 17.4. The summed E-state index contributed by atoms with van der Waals surface area (Å²) in [4.78, 5) is 35.2. The summed E-state index contributed by atoms with van der Waals surface area (Å²) < 4.78 is 6.85. The van der Waals surface area contributed by atoms with E-state index in [0.717, 1.165) is 31.2 Å². The number of nitrogens with one attached hydrogen (secondary N) is 1. The van der Waals surface area contributed by atoms with Crippen LogP contribution in [0.5, 0.6) is 0 Å². The van der Waals surface area contributed by atoms with Gasteiger partial charge in [-0.3, -0.25) is 19.6 Å². The molecule has 2 aromatic rings. The zero-order valence-electron chi connectivity index (χ0n) is 17.4. The molecule has 0 radical (unpaired) electrons. The average molecular weight is 414 g/mol. The first kappa shape index (κ1) is 21.5. The molecular formula is C21H26N4O5. The SMILES string of the molecule is Cc1nn(Cc2ccc(C(=O)O[C@@H](C)C(=O)NC3CCCC3)cc2)c(C)c1[N+](=O)[O-]. The fourth-order valence-electron chi connectivity index (χ4n) is 3.70. The minimum Gasteiger partial charge on any atom is -0.449 e. The number of carbonyl (C=O) groups excluding carboxylic acids is 2. The topological polar surface area (TPSA) is 116 Å². The highest BCUT2D eigenvalue weighted by molar-refractivity contribution is 5.92. The van der Waals surface area contributed by atoms with E-state index in [1.54, 1.807) is 49.7 Å². The quantitative estimate of drug-likeness (QED) is 0.423. The van der Waals surface area contributed by atoms with Crippen molar-refractivity contribution in [2.24, 2.45) is 0 Å². The molecule has 9 heteroatoms. The van der Waals surface area contributed by atoms with Crippen molar-refractivity contribution in [3.63, 3.8) is 0 Å². The highest BCUT2D eigenvalue weighted by atomic mass is 16.6. The summed E-state index contributed by atoms with van der Waals surface area (Å²) in [6, 6.07) is 6.87. The molecule has 0 unspecified atom stereocenters. The number of benzene rings is 1. The van der Waals surface area contributed by atoms with Crippen molar-refractivity contribution in [2.75, 3.05) is 0 Å². The minimum atomic E-state index is -0.868. The van der Waals surface area contributed by atoms with Crippen LogP contribution in [-0.2, 0) is 16.1 Å². The third kappa shape index (κ3) is 4.84. The average Bonchev–Trinajstić information content (AvgIpc) is 3.29.